The maximum Gasteiger partial charge on any atom is 0.258 e. The standard InChI is InChI=1S/C20H26N2O2/c1-16(2)18-11-7-8-12-19(18)24-15-20(23)21-13-14-22(3)17-9-5-4-6-10-17/h4-12,16H,13-15H2,1-3H3,(H,21,23). The van der Waals surface area contributed by atoms with E-state index in [9.17, 15) is 4.79 Å². The van der Waals surface area contributed by atoms with Crippen LogP contribution in [0.4, 0.5) is 5.69 Å². The normalized spacial score (nSPS) is 10.5. The molecular weight excluding hydrogens is 300 g/mol. The summed E-state index contributed by atoms with van der Waals surface area (Å²) in [6.07, 6.45) is 0. The van der Waals surface area contributed by atoms with Crippen LogP contribution in [0.3, 0.4) is 0 Å². The molecule has 0 saturated heterocycles. The van der Waals surface area contributed by atoms with Crippen LogP contribution in [0.15, 0.2) is 54.6 Å². The van der Waals surface area contributed by atoms with E-state index in [-0.39, 0.29) is 12.5 Å². The molecule has 24 heavy (non-hydrogen) atoms. The van der Waals surface area contributed by atoms with Crippen LogP contribution in [-0.2, 0) is 4.79 Å². The number of carbonyl (C=O) groups is 1. The first-order valence-corrected chi connectivity index (χ1v) is 8.32. The summed E-state index contributed by atoms with van der Waals surface area (Å²) in [6, 6.07) is 18.0. The molecular formula is C20H26N2O2. The topological polar surface area (TPSA) is 41.6 Å². The minimum Gasteiger partial charge on any atom is -0.483 e. The minimum absolute atomic E-state index is 0.0405. The molecule has 4 heteroatoms. The maximum atomic E-state index is 12.0. The Kier molecular flexibility index (Phi) is 6.67. The number of likely N-dealkylation sites (N-methyl/N-ethyl adjacent to an activating group) is 1. The number of anilines is 1. The lowest BCUT2D eigenvalue weighted by Gasteiger charge is -2.19. The second-order valence-electron chi connectivity index (χ2n) is 6.09. The van der Waals surface area contributed by atoms with E-state index >= 15 is 0 Å². The third-order valence-corrected chi connectivity index (χ3v) is 3.87. The number of benzene rings is 2. The third kappa shape index (κ3) is 5.30. The third-order valence-electron chi connectivity index (χ3n) is 3.87. The van der Waals surface area contributed by atoms with E-state index in [1.165, 1.54) is 0 Å². The van der Waals surface area contributed by atoms with Gasteiger partial charge in [0.25, 0.3) is 5.91 Å². The molecule has 0 spiro atoms. The number of hydrogen-bond donors (Lipinski definition) is 1. The molecule has 0 aliphatic heterocycles. The monoisotopic (exact) mass is 326 g/mol. The highest BCUT2D eigenvalue weighted by atomic mass is 16.5. The zero-order valence-corrected chi connectivity index (χ0v) is 14.7. The zero-order chi connectivity index (χ0) is 17.4. The van der Waals surface area contributed by atoms with Gasteiger partial charge in [0, 0.05) is 25.8 Å². The Labute approximate surface area is 144 Å². The van der Waals surface area contributed by atoms with Gasteiger partial charge in [-0.2, -0.15) is 0 Å². The average Bonchev–Trinajstić information content (AvgIpc) is 2.60. The Morgan fingerprint density at radius 2 is 1.75 bits per heavy atom. The number of nitrogens with zero attached hydrogens (tertiary/aromatic N) is 1. The average molecular weight is 326 g/mol. The molecule has 0 aromatic heterocycles. The Hall–Kier alpha value is -2.49. The number of amides is 1. The van der Waals surface area contributed by atoms with Crippen LogP contribution in [-0.4, -0.2) is 32.7 Å². The van der Waals surface area contributed by atoms with E-state index in [0.717, 1.165) is 23.5 Å². The molecule has 2 aromatic rings. The fraction of sp³-hybridized carbons (Fsp3) is 0.350. The van der Waals surface area contributed by atoms with Gasteiger partial charge in [-0.05, 0) is 29.7 Å². The number of nitrogens with one attached hydrogen (secondary N) is 1. The van der Waals surface area contributed by atoms with Crippen molar-refractivity contribution in [1.82, 2.24) is 5.32 Å². The molecule has 2 aromatic carbocycles. The molecule has 0 fully saturated rings. The zero-order valence-electron chi connectivity index (χ0n) is 14.7. The van der Waals surface area contributed by atoms with Crippen molar-refractivity contribution in [3.8, 4) is 5.75 Å². The van der Waals surface area contributed by atoms with Gasteiger partial charge in [0.05, 0.1) is 0 Å². The molecule has 0 atom stereocenters. The largest absolute Gasteiger partial charge is 0.483 e. The van der Waals surface area contributed by atoms with Gasteiger partial charge in [0.15, 0.2) is 6.61 Å². The summed E-state index contributed by atoms with van der Waals surface area (Å²) >= 11 is 0. The maximum absolute atomic E-state index is 12.0. The van der Waals surface area contributed by atoms with Crippen LogP contribution >= 0.6 is 0 Å². The molecule has 0 heterocycles. The lowest BCUT2D eigenvalue weighted by molar-refractivity contribution is -0.123. The van der Waals surface area contributed by atoms with Crippen molar-refractivity contribution in [1.29, 1.82) is 0 Å². The Morgan fingerprint density at radius 1 is 1.08 bits per heavy atom. The van der Waals surface area contributed by atoms with Crippen LogP contribution in [0.2, 0.25) is 0 Å². The van der Waals surface area contributed by atoms with Gasteiger partial charge < -0.3 is 15.0 Å². The number of ether oxygens (including phenoxy) is 1. The van der Waals surface area contributed by atoms with E-state index in [0.29, 0.717) is 12.5 Å². The lowest BCUT2D eigenvalue weighted by Crippen LogP contribution is -2.35. The summed E-state index contributed by atoms with van der Waals surface area (Å²) in [7, 11) is 2.01. The summed E-state index contributed by atoms with van der Waals surface area (Å²) < 4.78 is 5.68. The Morgan fingerprint density at radius 3 is 2.46 bits per heavy atom. The van der Waals surface area contributed by atoms with Crippen molar-refractivity contribution in [3.05, 3.63) is 60.2 Å². The second-order valence-corrected chi connectivity index (χ2v) is 6.09. The van der Waals surface area contributed by atoms with Crippen molar-refractivity contribution >= 4 is 11.6 Å². The predicted octanol–water partition coefficient (Wildman–Crippen LogP) is 3.44. The van der Waals surface area contributed by atoms with Gasteiger partial charge >= 0.3 is 0 Å². The van der Waals surface area contributed by atoms with Gasteiger partial charge in [-0.3, -0.25) is 4.79 Å². The van der Waals surface area contributed by atoms with Gasteiger partial charge in [-0.15, -0.1) is 0 Å². The summed E-state index contributed by atoms with van der Waals surface area (Å²) in [5.41, 5.74) is 2.25. The van der Waals surface area contributed by atoms with Crippen LogP contribution in [0.25, 0.3) is 0 Å². The Bertz CT molecular complexity index is 641. The number of carbonyl (C=O) groups excluding carboxylic acids is 1. The molecule has 0 unspecified atom stereocenters. The minimum atomic E-state index is -0.102. The summed E-state index contributed by atoms with van der Waals surface area (Å²) in [4.78, 5) is 14.1. The molecule has 4 nitrogen and oxygen atoms in total. The van der Waals surface area contributed by atoms with Crippen molar-refractivity contribution < 1.29 is 9.53 Å². The first-order valence-electron chi connectivity index (χ1n) is 8.32. The molecule has 1 N–H and O–H groups in total. The highest BCUT2D eigenvalue weighted by Crippen LogP contribution is 2.25. The van der Waals surface area contributed by atoms with E-state index in [4.69, 9.17) is 4.74 Å². The van der Waals surface area contributed by atoms with E-state index in [2.05, 4.69) is 24.1 Å². The number of hydrogen-bond acceptors (Lipinski definition) is 3. The number of rotatable bonds is 8. The van der Waals surface area contributed by atoms with Crippen molar-refractivity contribution in [2.75, 3.05) is 31.6 Å². The SMILES string of the molecule is CC(C)c1ccccc1OCC(=O)NCCN(C)c1ccccc1. The predicted molar refractivity (Wildman–Crippen MR) is 98.7 cm³/mol. The van der Waals surface area contributed by atoms with Crippen molar-refractivity contribution in [2.45, 2.75) is 19.8 Å². The molecule has 0 aliphatic rings. The van der Waals surface area contributed by atoms with Crippen molar-refractivity contribution in [2.24, 2.45) is 0 Å². The smallest absolute Gasteiger partial charge is 0.258 e. The lowest BCUT2D eigenvalue weighted by atomic mass is 10.0. The first kappa shape index (κ1) is 17.9. The molecule has 0 radical (unpaired) electrons. The fourth-order valence-corrected chi connectivity index (χ4v) is 2.46. The summed E-state index contributed by atoms with van der Waals surface area (Å²) in [5, 5.41) is 2.90. The summed E-state index contributed by atoms with van der Waals surface area (Å²) in [5.74, 6) is 1.04. The van der Waals surface area contributed by atoms with Gasteiger partial charge in [-0.1, -0.05) is 50.2 Å². The highest BCUT2D eigenvalue weighted by Gasteiger charge is 2.09. The van der Waals surface area contributed by atoms with Crippen LogP contribution in [0.5, 0.6) is 5.75 Å². The van der Waals surface area contributed by atoms with Crippen LogP contribution in [0.1, 0.15) is 25.3 Å². The van der Waals surface area contributed by atoms with Crippen LogP contribution < -0.4 is 15.0 Å². The van der Waals surface area contributed by atoms with Gasteiger partial charge in [-0.25, -0.2) is 0 Å². The molecule has 128 valence electrons. The molecule has 0 aliphatic carbocycles. The van der Waals surface area contributed by atoms with Crippen LogP contribution in [0, 0.1) is 0 Å². The van der Waals surface area contributed by atoms with E-state index in [1.54, 1.807) is 0 Å². The molecule has 2 rings (SSSR count). The van der Waals surface area contributed by atoms with Gasteiger partial charge in [0.2, 0.25) is 0 Å². The fourth-order valence-electron chi connectivity index (χ4n) is 2.46. The number of para-hydroxylation sites is 2. The summed E-state index contributed by atoms with van der Waals surface area (Å²) in [6.45, 7) is 5.60. The molecule has 1 amide bonds. The first-order chi connectivity index (χ1) is 11.6. The Balaban J connectivity index is 1.74. The van der Waals surface area contributed by atoms with E-state index in [1.807, 2.05) is 61.6 Å². The second kappa shape index (κ2) is 8.96. The van der Waals surface area contributed by atoms with Gasteiger partial charge in [0.1, 0.15) is 5.75 Å². The quantitative estimate of drug-likeness (QED) is 0.808. The molecule has 0 saturated carbocycles. The van der Waals surface area contributed by atoms with Crippen molar-refractivity contribution in [3.63, 3.8) is 0 Å². The van der Waals surface area contributed by atoms with E-state index < -0.39 is 0 Å². The highest BCUT2D eigenvalue weighted by molar-refractivity contribution is 5.77. The molecule has 0 bridgehead atoms.